The van der Waals surface area contributed by atoms with Gasteiger partial charge in [0.25, 0.3) is 0 Å². The lowest BCUT2D eigenvalue weighted by Gasteiger charge is -2.33. The molecule has 0 fully saturated rings. The Morgan fingerprint density at radius 1 is 0.947 bits per heavy atom. The fraction of sp³-hybridized carbons (Fsp3) is 0.286. The van der Waals surface area contributed by atoms with Crippen LogP contribution in [-0.4, -0.2) is 50.5 Å². The first-order valence-electron chi connectivity index (χ1n) is 12.1. The molecule has 7 nitrogen and oxygen atoms in total. The van der Waals surface area contributed by atoms with E-state index in [1.807, 2.05) is 30.3 Å². The quantitative estimate of drug-likeness (QED) is 0.354. The second-order valence-corrected chi connectivity index (χ2v) is 11.7. The normalized spacial score (nSPS) is 12.0. The highest BCUT2D eigenvalue weighted by molar-refractivity contribution is 7.92. The minimum atomic E-state index is -3.86. The zero-order valence-corrected chi connectivity index (χ0v) is 23.9. The molecule has 0 bridgehead atoms. The highest BCUT2D eigenvalue weighted by Gasteiger charge is 2.33. The molecule has 0 spiro atoms. The summed E-state index contributed by atoms with van der Waals surface area (Å²) in [4.78, 5) is 28.6. The number of sulfonamides is 1. The van der Waals surface area contributed by atoms with Gasteiger partial charge in [0.05, 0.1) is 11.9 Å². The van der Waals surface area contributed by atoms with Crippen LogP contribution >= 0.6 is 23.2 Å². The van der Waals surface area contributed by atoms with Crippen LogP contribution in [0.25, 0.3) is 0 Å². The molecule has 0 aliphatic heterocycles. The third-order valence-corrected chi connectivity index (χ3v) is 7.81. The van der Waals surface area contributed by atoms with Crippen molar-refractivity contribution in [1.82, 2.24) is 10.2 Å². The van der Waals surface area contributed by atoms with Crippen LogP contribution in [0.2, 0.25) is 10.0 Å². The molecule has 3 rings (SSSR count). The fourth-order valence-electron chi connectivity index (χ4n) is 3.98. The van der Waals surface area contributed by atoms with E-state index in [1.165, 1.54) is 11.0 Å². The van der Waals surface area contributed by atoms with Gasteiger partial charge in [0.2, 0.25) is 21.8 Å². The van der Waals surface area contributed by atoms with Crippen molar-refractivity contribution in [2.75, 3.05) is 23.7 Å². The summed E-state index contributed by atoms with van der Waals surface area (Å²) in [5.74, 6) is -0.864. The van der Waals surface area contributed by atoms with Crippen LogP contribution < -0.4 is 9.62 Å². The average Bonchev–Trinajstić information content (AvgIpc) is 2.87. The van der Waals surface area contributed by atoms with Gasteiger partial charge in [0.1, 0.15) is 12.6 Å². The van der Waals surface area contributed by atoms with Crippen LogP contribution in [0.15, 0.2) is 72.8 Å². The minimum Gasteiger partial charge on any atom is -0.355 e. The number of nitrogens with one attached hydrogen (secondary N) is 1. The molecule has 0 aliphatic rings. The summed E-state index contributed by atoms with van der Waals surface area (Å²) >= 11 is 12.3. The van der Waals surface area contributed by atoms with Gasteiger partial charge in [-0.1, -0.05) is 71.7 Å². The number of amides is 2. The number of aryl methyl sites for hydroxylation is 1. The number of anilines is 1. The van der Waals surface area contributed by atoms with Crippen molar-refractivity contribution in [2.24, 2.45) is 0 Å². The topological polar surface area (TPSA) is 86.8 Å². The molecule has 0 aromatic heterocycles. The first kappa shape index (κ1) is 29.5. The number of halogens is 2. The maximum atomic E-state index is 13.9. The summed E-state index contributed by atoms with van der Waals surface area (Å²) in [7, 11) is -3.86. The smallest absolute Gasteiger partial charge is 0.244 e. The van der Waals surface area contributed by atoms with Crippen LogP contribution in [0, 0.1) is 6.92 Å². The van der Waals surface area contributed by atoms with E-state index in [4.69, 9.17) is 23.2 Å². The summed E-state index contributed by atoms with van der Waals surface area (Å²) in [6.07, 6.45) is 1.28. The van der Waals surface area contributed by atoms with Crippen molar-refractivity contribution in [3.8, 4) is 0 Å². The Balaban J connectivity index is 2.04. The second-order valence-electron chi connectivity index (χ2n) is 8.95. The first-order valence-corrected chi connectivity index (χ1v) is 14.7. The Bertz CT molecular complexity index is 1370. The molecule has 202 valence electrons. The summed E-state index contributed by atoms with van der Waals surface area (Å²) in [6, 6.07) is 20.2. The number of hydrogen-bond donors (Lipinski definition) is 1. The first-order chi connectivity index (χ1) is 18.0. The molecular weight excluding hydrogens is 545 g/mol. The zero-order valence-electron chi connectivity index (χ0n) is 21.5. The van der Waals surface area contributed by atoms with Crippen molar-refractivity contribution in [1.29, 1.82) is 0 Å². The molecule has 1 N–H and O–H groups in total. The molecule has 2 amide bonds. The predicted octanol–water partition coefficient (Wildman–Crippen LogP) is 4.84. The molecule has 0 heterocycles. The van der Waals surface area contributed by atoms with Gasteiger partial charge in [-0.2, -0.15) is 0 Å². The largest absolute Gasteiger partial charge is 0.355 e. The predicted molar refractivity (Wildman–Crippen MR) is 153 cm³/mol. The number of rotatable bonds is 11. The highest BCUT2D eigenvalue weighted by Crippen LogP contribution is 2.26. The number of likely N-dealkylation sites (N-methyl/N-ethyl adjacent to an activating group) is 1. The lowest BCUT2D eigenvalue weighted by Crippen LogP contribution is -2.53. The van der Waals surface area contributed by atoms with Crippen LogP contribution in [0.1, 0.15) is 23.6 Å². The van der Waals surface area contributed by atoms with Crippen molar-refractivity contribution < 1.29 is 18.0 Å². The van der Waals surface area contributed by atoms with E-state index in [2.05, 4.69) is 5.32 Å². The van der Waals surface area contributed by atoms with Crippen LogP contribution in [0.3, 0.4) is 0 Å². The SMILES string of the molecule is CCNC(=O)C(Cc1ccccc1)N(Cc1ccc(Cl)cc1)C(=O)CN(c1ccc(C)c(Cl)c1)S(C)(=O)=O. The molecule has 1 unspecified atom stereocenters. The number of hydrogen-bond acceptors (Lipinski definition) is 4. The second kappa shape index (κ2) is 13.1. The van der Waals surface area contributed by atoms with E-state index >= 15 is 0 Å². The van der Waals surface area contributed by atoms with Crippen molar-refractivity contribution in [2.45, 2.75) is 32.9 Å². The van der Waals surface area contributed by atoms with Gasteiger partial charge in [0, 0.05) is 29.6 Å². The summed E-state index contributed by atoms with van der Waals surface area (Å²) < 4.78 is 26.6. The Morgan fingerprint density at radius 2 is 1.61 bits per heavy atom. The van der Waals surface area contributed by atoms with Crippen molar-refractivity contribution in [3.63, 3.8) is 0 Å². The standard InChI is InChI=1S/C28H31Cl2N3O4S/c1-4-31-28(35)26(16-21-8-6-5-7-9-21)32(18-22-11-13-23(29)14-12-22)27(34)19-33(38(3,36)37)24-15-10-20(2)25(30)17-24/h5-15,17,26H,4,16,18-19H2,1-3H3,(H,31,35). The molecule has 1 atom stereocenters. The van der Waals surface area contributed by atoms with Crippen LogP contribution in [-0.2, 0) is 32.6 Å². The number of carbonyl (C=O) groups is 2. The van der Waals surface area contributed by atoms with E-state index < -0.39 is 28.5 Å². The van der Waals surface area contributed by atoms with Gasteiger partial charge < -0.3 is 10.2 Å². The van der Waals surface area contributed by atoms with Gasteiger partial charge in [-0.15, -0.1) is 0 Å². The van der Waals surface area contributed by atoms with Gasteiger partial charge >= 0.3 is 0 Å². The molecule has 0 saturated heterocycles. The highest BCUT2D eigenvalue weighted by atomic mass is 35.5. The summed E-state index contributed by atoms with van der Waals surface area (Å²) in [5, 5.41) is 3.74. The number of benzene rings is 3. The monoisotopic (exact) mass is 575 g/mol. The molecule has 0 radical (unpaired) electrons. The third-order valence-electron chi connectivity index (χ3n) is 6.01. The van der Waals surface area contributed by atoms with Gasteiger partial charge in [-0.3, -0.25) is 13.9 Å². The Hall–Kier alpha value is -3.07. The Labute approximate surface area is 234 Å². The van der Waals surface area contributed by atoms with E-state index in [1.54, 1.807) is 50.2 Å². The maximum Gasteiger partial charge on any atom is 0.244 e. The van der Waals surface area contributed by atoms with Gasteiger partial charge in [-0.25, -0.2) is 8.42 Å². The third kappa shape index (κ3) is 7.96. The lowest BCUT2D eigenvalue weighted by atomic mass is 10.0. The van der Waals surface area contributed by atoms with E-state index in [-0.39, 0.29) is 24.6 Å². The summed E-state index contributed by atoms with van der Waals surface area (Å²) in [5.41, 5.74) is 2.65. The lowest BCUT2D eigenvalue weighted by molar-refractivity contribution is -0.140. The van der Waals surface area contributed by atoms with E-state index in [0.717, 1.165) is 27.3 Å². The zero-order chi connectivity index (χ0) is 27.9. The molecule has 0 saturated carbocycles. The Kier molecular flexibility index (Phi) is 10.2. The van der Waals surface area contributed by atoms with E-state index in [9.17, 15) is 18.0 Å². The van der Waals surface area contributed by atoms with Crippen LogP contribution in [0.4, 0.5) is 5.69 Å². The van der Waals surface area contributed by atoms with E-state index in [0.29, 0.717) is 16.6 Å². The molecule has 10 heteroatoms. The summed E-state index contributed by atoms with van der Waals surface area (Å²) in [6.45, 7) is 3.56. The molecular formula is C28H31Cl2N3O4S. The van der Waals surface area contributed by atoms with Gasteiger partial charge in [0.15, 0.2) is 0 Å². The minimum absolute atomic E-state index is 0.0803. The van der Waals surface area contributed by atoms with Crippen LogP contribution in [0.5, 0.6) is 0 Å². The van der Waals surface area contributed by atoms with Crippen molar-refractivity contribution in [3.05, 3.63) is 99.5 Å². The van der Waals surface area contributed by atoms with Crippen molar-refractivity contribution >= 4 is 50.7 Å². The fourth-order valence-corrected chi connectivity index (χ4v) is 5.13. The Morgan fingerprint density at radius 3 is 2.18 bits per heavy atom. The molecule has 0 aliphatic carbocycles. The number of carbonyl (C=O) groups excluding carboxylic acids is 2. The molecule has 3 aromatic carbocycles. The van der Waals surface area contributed by atoms with Gasteiger partial charge in [-0.05, 0) is 54.8 Å². The molecule has 3 aromatic rings. The molecule has 38 heavy (non-hydrogen) atoms. The number of nitrogens with zero attached hydrogens (tertiary/aromatic N) is 2. The average molecular weight is 577 g/mol. The maximum absolute atomic E-state index is 13.9.